The quantitative estimate of drug-likeness (QED) is 0.767. The molecule has 17 heavy (non-hydrogen) atoms. The molecule has 0 saturated heterocycles. The molecule has 1 aromatic rings. The molecular weight excluding hydrogens is 214 g/mol. The number of amides is 1. The van der Waals surface area contributed by atoms with Crippen molar-refractivity contribution in [3.05, 3.63) is 42.5 Å². The number of anilines is 1. The van der Waals surface area contributed by atoms with E-state index in [1.54, 1.807) is 6.92 Å². The SMILES string of the molecule is C=CCCc1ccccc1NC(=O)[C@@H](C)OC. The molecule has 0 fully saturated rings. The second-order valence-corrected chi connectivity index (χ2v) is 3.85. The van der Waals surface area contributed by atoms with Gasteiger partial charge in [0.1, 0.15) is 6.10 Å². The van der Waals surface area contributed by atoms with Crippen LogP contribution in [-0.4, -0.2) is 19.1 Å². The minimum Gasteiger partial charge on any atom is -0.372 e. The van der Waals surface area contributed by atoms with Crippen LogP contribution in [0.2, 0.25) is 0 Å². The van der Waals surface area contributed by atoms with Crippen LogP contribution in [-0.2, 0) is 16.0 Å². The predicted molar refractivity (Wildman–Crippen MR) is 70.1 cm³/mol. The molecule has 1 atom stereocenters. The van der Waals surface area contributed by atoms with Crippen molar-refractivity contribution in [1.82, 2.24) is 0 Å². The molecule has 0 aliphatic carbocycles. The van der Waals surface area contributed by atoms with Crippen LogP contribution < -0.4 is 5.32 Å². The summed E-state index contributed by atoms with van der Waals surface area (Å²) in [6.45, 7) is 5.42. The lowest BCUT2D eigenvalue weighted by atomic mass is 10.1. The molecule has 3 nitrogen and oxygen atoms in total. The lowest BCUT2D eigenvalue weighted by molar-refractivity contribution is -0.124. The average molecular weight is 233 g/mol. The van der Waals surface area contributed by atoms with Gasteiger partial charge in [0.15, 0.2) is 0 Å². The maximum atomic E-state index is 11.7. The fourth-order valence-corrected chi connectivity index (χ4v) is 1.46. The highest BCUT2D eigenvalue weighted by Crippen LogP contribution is 2.17. The summed E-state index contributed by atoms with van der Waals surface area (Å²) in [6, 6.07) is 7.79. The molecule has 0 aliphatic rings. The third-order valence-corrected chi connectivity index (χ3v) is 2.62. The summed E-state index contributed by atoms with van der Waals surface area (Å²) in [5.74, 6) is -0.126. The smallest absolute Gasteiger partial charge is 0.253 e. The maximum Gasteiger partial charge on any atom is 0.253 e. The van der Waals surface area contributed by atoms with Crippen LogP contribution in [0, 0.1) is 0 Å². The van der Waals surface area contributed by atoms with E-state index in [2.05, 4.69) is 11.9 Å². The van der Waals surface area contributed by atoms with Crippen molar-refractivity contribution >= 4 is 11.6 Å². The number of hydrogen-bond donors (Lipinski definition) is 1. The first-order chi connectivity index (χ1) is 8.19. The Bertz CT molecular complexity index is 388. The van der Waals surface area contributed by atoms with Crippen molar-refractivity contribution < 1.29 is 9.53 Å². The van der Waals surface area contributed by atoms with Crippen LogP contribution in [0.4, 0.5) is 5.69 Å². The lowest BCUT2D eigenvalue weighted by Crippen LogP contribution is -2.27. The highest BCUT2D eigenvalue weighted by molar-refractivity contribution is 5.94. The molecule has 0 unspecified atom stereocenters. The Kier molecular flexibility index (Phi) is 5.43. The highest BCUT2D eigenvalue weighted by atomic mass is 16.5. The molecule has 0 spiro atoms. The number of carbonyl (C=O) groups is 1. The predicted octanol–water partition coefficient (Wildman–Crippen LogP) is 2.78. The number of hydrogen-bond acceptors (Lipinski definition) is 2. The zero-order valence-corrected chi connectivity index (χ0v) is 10.4. The fourth-order valence-electron chi connectivity index (χ4n) is 1.46. The van der Waals surface area contributed by atoms with Gasteiger partial charge in [0.2, 0.25) is 0 Å². The summed E-state index contributed by atoms with van der Waals surface area (Å²) < 4.78 is 4.98. The summed E-state index contributed by atoms with van der Waals surface area (Å²) in [5.41, 5.74) is 1.97. The molecule has 0 aliphatic heterocycles. The largest absolute Gasteiger partial charge is 0.372 e. The average Bonchev–Trinajstić information content (AvgIpc) is 2.36. The minimum atomic E-state index is -0.442. The van der Waals surface area contributed by atoms with E-state index < -0.39 is 6.10 Å². The second-order valence-electron chi connectivity index (χ2n) is 3.85. The zero-order valence-electron chi connectivity index (χ0n) is 10.4. The topological polar surface area (TPSA) is 38.3 Å². The molecule has 0 heterocycles. The molecule has 1 rings (SSSR count). The third-order valence-electron chi connectivity index (χ3n) is 2.62. The molecular formula is C14H19NO2. The first-order valence-electron chi connectivity index (χ1n) is 5.71. The molecule has 1 amide bonds. The number of carbonyl (C=O) groups excluding carboxylic acids is 1. The summed E-state index contributed by atoms with van der Waals surface area (Å²) >= 11 is 0. The standard InChI is InChI=1S/C14H19NO2/c1-4-5-8-12-9-6-7-10-13(12)15-14(16)11(2)17-3/h4,6-7,9-11H,1,5,8H2,2-3H3,(H,15,16)/t11-/m1/s1. The summed E-state index contributed by atoms with van der Waals surface area (Å²) in [5, 5.41) is 2.87. The molecule has 0 radical (unpaired) electrons. The summed E-state index contributed by atoms with van der Waals surface area (Å²) in [6.07, 6.45) is 3.20. The Hall–Kier alpha value is -1.61. The summed E-state index contributed by atoms with van der Waals surface area (Å²) in [7, 11) is 1.52. The number of nitrogens with one attached hydrogen (secondary N) is 1. The van der Waals surface area contributed by atoms with Gasteiger partial charge in [-0.15, -0.1) is 6.58 Å². The van der Waals surface area contributed by atoms with Crippen molar-refractivity contribution in [3.8, 4) is 0 Å². The van der Waals surface area contributed by atoms with Gasteiger partial charge in [0.05, 0.1) is 0 Å². The van der Waals surface area contributed by atoms with Crippen LogP contribution in [0.1, 0.15) is 18.9 Å². The fraction of sp³-hybridized carbons (Fsp3) is 0.357. The number of benzene rings is 1. The lowest BCUT2D eigenvalue weighted by Gasteiger charge is -2.13. The van der Waals surface area contributed by atoms with Gasteiger partial charge < -0.3 is 10.1 Å². The molecule has 1 aromatic carbocycles. The van der Waals surface area contributed by atoms with Crippen molar-refractivity contribution in [2.75, 3.05) is 12.4 Å². The van der Waals surface area contributed by atoms with Gasteiger partial charge in [-0.1, -0.05) is 24.3 Å². The van der Waals surface area contributed by atoms with E-state index in [0.29, 0.717) is 0 Å². The number of allylic oxidation sites excluding steroid dienone is 1. The summed E-state index contributed by atoms with van der Waals surface area (Å²) in [4.78, 5) is 11.7. The van der Waals surface area contributed by atoms with Crippen LogP contribution >= 0.6 is 0 Å². The van der Waals surface area contributed by atoms with Crippen LogP contribution in [0.25, 0.3) is 0 Å². The maximum absolute atomic E-state index is 11.7. The molecule has 92 valence electrons. The van der Waals surface area contributed by atoms with Gasteiger partial charge in [-0.05, 0) is 31.4 Å². The number of ether oxygens (including phenoxy) is 1. The zero-order chi connectivity index (χ0) is 12.7. The van der Waals surface area contributed by atoms with E-state index >= 15 is 0 Å². The number of methoxy groups -OCH3 is 1. The molecule has 1 N–H and O–H groups in total. The normalized spacial score (nSPS) is 11.9. The van der Waals surface area contributed by atoms with Crippen LogP contribution in [0.5, 0.6) is 0 Å². The van der Waals surface area contributed by atoms with Gasteiger partial charge in [0.25, 0.3) is 5.91 Å². The van der Waals surface area contributed by atoms with E-state index in [1.165, 1.54) is 7.11 Å². The first-order valence-corrected chi connectivity index (χ1v) is 5.71. The second kappa shape index (κ2) is 6.86. The Balaban J connectivity index is 2.75. The Labute approximate surface area is 102 Å². The van der Waals surface area contributed by atoms with E-state index in [4.69, 9.17) is 4.74 Å². The molecule has 0 aromatic heterocycles. The minimum absolute atomic E-state index is 0.126. The van der Waals surface area contributed by atoms with Gasteiger partial charge in [-0.25, -0.2) is 0 Å². The van der Waals surface area contributed by atoms with Crippen LogP contribution in [0.3, 0.4) is 0 Å². The molecule has 3 heteroatoms. The number of para-hydroxylation sites is 1. The number of rotatable bonds is 6. The van der Waals surface area contributed by atoms with Gasteiger partial charge in [-0.2, -0.15) is 0 Å². The first kappa shape index (κ1) is 13.5. The van der Waals surface area contributed by atoms with Crippen molar-refractivity contribution in [2.45, 2.75) is 25.9 Å². The number of aryl methyl sites for hydroxylation is 1. The molecule has 0 saturated carbocycles. The van der Waals surface area contributed by atoms with E-state index in [-0.39, 0.29) is 5.91 Å². The Morgan fingerprint density at radius 2 is 2.24 bits per heavy atom. The monoisotopic (exact) mass is 233 g/mol. The van der Waals surface area contributed by atoms with Crippen molar-refractivity contribution in [3.63, 3.8) is 0 Å². The Morgan fingerprint density at radius 1 is 1.53 bits per heavy atom. The van der Waals surface area contributed by atoms with E-state index in [1.807, 2.05) is 30.3 Å². The van der Waals surface area contributed by atoms with Gasteiger partial charge in [0, 0.05) is 12.8 Å². The van der Waals surface area contributed by atoms with Gasteiger partial charge in [-0.3, -0.25) is 4.79 Å². The van der Waals surface area contributed by atoms with Crippen molar-refractivity contribution in [2.24, 2.45) is 0 Å². The molecule has 0 bridgehead atoms. The van der Waals surface area contributed by atoms with Crippen LogP contribution in [0.15, 0.2) is 36.9 Å². The van der Waals surface area contributed by atoms with Gasteiger partial charge >= 0.3 is 0 Å². The Morgan fingerprint density at radius 3 is 2.88 bits per heavy atom. The third kappa shape index (κ3) is 4.04. The van der Waals surface area contributed by atoms with E-state index in [0.717, 1.165) is 24.1 Å². The van der Waals surface area contributed by atoms with Crippen molar-refractivity contribution in [1.29, 1.82) is 0 Å². The van der Waals surface area contributed by atoms with E-state index in [9.17, 15) is 4.79 Å². The highest BCUT2D eigenvalue weighted by Gasteiger charge is 2.12.